The molecule has 0 spiro atoms. The zero-order valence-corrected chi connectivity index (χ0v) is 15.6. The van der Waals surface area contributed by atoms with Crippen molar-refractivity contribution in [2.24, 2.45) is 7.05 Å². The standard InChI is InChI=1S/C18H18F3N3O5/c1-3-8-24-14(22)13(15(26)23(2)17(24)28)12(25)9-29-16(27)10-6-4-5-7-11(10)18(19,20)21/h4-7H,3,8-9,22H2,1-2H3. The summed E-state index contributed by atoms with van der Waals surface area (Å²) in [6.07, 6.45) is -4.31. The zero-order chi connectivity index (χ0) is 21.9. The first-order chi connectivity index (χ1) is 13.5. The van der Waals surface area contributed by atoms with Crippen LogP contribution in [-0.4, -0.2) is 27.5 Å². The molecule has 1 aromatic heterocycles. The normalized spacial score (nSPS) is 11.3. The fraction of sp³-hybridized carbons (Fsp3) is 0.333. The van der Waals surface area contributed by atoms with Crippen LogP contribution in [-0.2, 0) is 24.5 Å². The Balaban J connectivity index is 2.33. The number of carbonyl (C=O) groups is 2. The van der Waals surface area contributed by atoms with Gasteiger partial charge in [-0.05, 0) is 18.6 Å². The molecular formula is C18H18F3N3O5. The molecule has 1 aromatic carbocycles. The van der Waals surface area contributed by atoms with Crippen LogP contribution in [0.3, 0.4) is 0 Å². The van der Waals surface area contributed by atoms with E-state index in [0.29, 0.717) is 17.1 Å². The Bertz CT molecular complexity index is 1070. The number of esters is 1. The molecule has 2 rings (SSSR count). The SMILES string of the molecule is CCCn1c(N)c(C(=O)COC(=O)c2ccccc2C(F)(F)F)c(=O)n(C)c1=O. The van der Waals surface area contributed by atoms with Gasteiger partial charge in [-0.1, -0.05) is 19.1 Å². The molecule has 0 aliphatic carbocycles. The van der Waals surface area contributed by atoms with Gasteiger partial charge in [-0.25, -0.2) is 9.59 Å². The third kappa shape index (κ3) is 4.39. The number of rotatable bonds is 6. The van der Waals surface area contributed by atoms with Crippen molar-refractivity contribution < 1.29 is 27.5 Å². The van der Waals surface area contributed by atoms with Crippen LogP contribution in [0, 0.1) is 0 Å². The third-order valence-electron chi connectivity index (χ3n) is 4.10. The summed E-state index contributed by atoms with van der Waals surface area (Å²) < 4.78 is 45.4. The number of alkyl halides is 3. The molecule has 0 saturated heterocycles. The number of hydrogen-bond acceptors (Lipinski definition) is 6. The Labute approximate surface area is 162 Å². The highest BCUT2D eigenvalue weighted by Crippen LogP contribution is 2.32. The zero-order valence-electron chi connectivity index (χ0n) is 15.6. The second-order valence-corrected chi connectivity index (χ2v) is 6.10. The number of benzene rings is 1. The minimum atomic E-state index is -4.80. The number of ether oxygens (including phenoxy) is 1. The van der Waals surface area contributed by atoms with E-state index in [4.69, 9.17) is 5.73 Å². The van der Waals surface area contributed by atoms with Crippen molar-refractivity contribution >= 4 is 17.6 Å². The van der Waals surface area contributed by atoms with Crippen LogP contribution >= 0.6 is 0 Å². The largest absolute Gasteiger partial charge is 0.454 e. The molecule has 2 aromatic rings. The summed E-state index contributed by atoms with van der Waals surface area (Å²) in [6.45, 7) is 0.866. The maximum absolute atomic E-state index is 13.0. The molecular weight excluding hydrogens is 395 g/mol. The third-order valence-corrected chi connectivity index (χ3v) is 4.10. The van der Waals surface area contributed by atoms with Crippen LogP contribution in [0.15, 0.2) is 33.9 Å². The molecule has 0 unspecified atom stereocenters. The fourth-order valence-electron chi connectivity index (χ4n) is 2.67. The number of halogens is 3. The van der Waals surface area contributed by atoms with Crippen LogP contribution in [0.4, 0.5) is 19.0 Å². The Kier molecular flexibility index (Phi) is 6.30. The highest BCUT2D eigenvalue weighted by Gasteiger charge is 2.35. The van der Waals surface area contributed by atoms with E-state index in [1.807, 2.05) is 0 Å². The number of carbonyl (C=O) groups excluding carboxylic acids is 2. The lowest BCUT2D eigenvalue weighted by Crippen LogP contribution is -2.43. The van der Waals surface area contributed by atoms with Gasteiger partial charge < -0.3 is 10.5 Å². The first-order valence-corrected chi connectivity index (χ1v) is 8.46. The van der Waals surface area contributed by atoms with Gasteiger partial charge in [-0.2, -0.15) is 13.2 Å². The second-order valence-electron chi connectivity index (χ2n) is 6.10. The van der Waals surface area contributed by atoms with E-state index in [0.717, 1.165) is 23.7 Å². The minimum absolute atomic E-state index is 0.137. The Morgan fingerprint density at radius 2 is 1.79 bits per heavy atom. The summed E-state index contributed by atoms with van der Waals surface area (Å²) in [7, 11) is 1.15. The lowest BCUT2D eigenvalue weighted by atomic mass is 10.1. The average Bonchev–Trinajstić information content (AvgIpc) is 2.67. The molecule has 0 bridgehead atoms. The summed E-state index contributed by atoms with van der Waals surface area (Å²) >= 11 is 0. The number of aromatic nitrogens is 2. The average molecular weight is 413 g/mol. The number of Topliss-reactive ketones (excluding diaryl/α,β-unsaturated/α-hetero) is 1. The van der Waals surface area contributed by atoms with Crippen LogP contribution in [0.5, 0.6) is 0 Å². The molecule has 1 heterocycles. The smallest absolute Gasteiger partial charge is 0.417 e. The van der Waals surface area contributed by atoms with Crippen molar-refractivity contribution in [2.75, 3.05) is 12.3 Å². The van der Waals surface area contributed by atoms with Crippen molar-refractivity contribution in [3.63, 3.8) is 0 Å². The van der Waals surface area contributed by atoms with E-state index in [1.54, 1.807) is 6.92 Å². The molecule has 0 amide bonds. The molecule has 0 aliphatic rings. The molecule has 0 aliphatic heterocycles. The van der Waals surface area contributed by atoms with Crippen LogP contribution in [0.1, 0.15) is 39.6 Å². The lowest BCUT2D eigenvalue weighted by Gasteiger charge is -2.14. The van der Waals surface area contributed by atoms with Gasteiger partial charge in [0.1, 0.15) is 11.4 Å². The first-order valence-electron chi connectivity index (χ1n) is 8.46. The Hall–Kier alpha value is -3.37. The van der Waals surface area contributed by atoms with Crippen molar-refractivity contribution in [3.05, 3.63) is 61.8 Å². The number of hydrogen-bond donors (Lipinski definition) is 1. The van der Waals surface area contributed by atoms with E-state index >= 15 is 0 Å². The van der Waals surface area contributed by atoms with E-state index < -0.39 is 58.3 Å². The van der Waals surface area contributed by atoms with Crippen molar-refractivity contribution in [1.29, 1.82) is 0 Å². The summed E-state index contributed by atoms with van der Waals surface area (Å²) in [4.78, 5) is 48.8. The molecule has 8 nitrogen and oxygen atoms in total. The van der Waals surface area contributed by atoms with Crippen LogP contribution < -0.4 is 17.0 Å². The van der Waals surface area contributed by atoms with Gasteiger partial charge in [-0.15, -0.1) is 0 Å². The van der Waals surface area contributed by atoms with E-state index in [9.17, 15) is 32.3 Å². The summed E-state index contributed by atoms with van der Waals surface area (Å²) in [5.41, 5.74) is 1.51. The van der Waals surface area contributed by atoms with Gasteiger partial charge in [-0.3, -0.25) is 18.7 Å². The molecule has 0 radical (unpaired) electrons. The van der Waals surface area contributed by atoms with Gasteiger partial charge in [0.15, 0.2) is 6.61 Å². The molecule has 0 saturated carbocycles. The van der Waals surface area contributed by atoms with Crippen molar-refractivity contribution in [3.8, 4) is 0 Å². The number of ketones is 1. The maximum Gasteiger partial charge on any atom is 0.417 e. The number of nitrogens with two attached hydrogens (primary N) is 1. The molecule has 29 heavy (non-hydrogen) atoms. The topological polar surface area (TPSA) is 113 Å². The predicted molar refractivity (Wildman–Crippen MR) is 96.7 cm³/mol. The minimum Gasteiger partial charge on any atom is -0.454 e. The fourth-order valence-corrected chi connectivity index (χ4v) is 2.67. The molecule has 156 valence electrons. The molecule has 0 atom stereocenters. The molecule has 0 fully saturated rings. The Morgan fingerprint density at radius 1 is 1.17 bits per heavy atom. The summed E-state index contributed by atoms with van der Waals surface area (Å²) in [6, 6.07) is 3.92. The lowest BCUT2D eigenvalue weighted by molar-refractivity contribution is -0.138. The van der Waals surface area contributed by atoms with Crippen molar-refractivity contribution in [1.82, 2.24) is 9.13 Å². The van der Waals surface area contributed by atoms with Gasteiger partial charge in [0.2, 0.25) is 5.78 Å². The number of anilines is 1. The monoisotopic (exact) mass is 413 g/mol. The van der Waals surface area contributed by atoms with Gasteiger partial charge >= 0.3 is 17.8 Å². The molecule has 2 N–H and O–H groups in total. The molecule has 11 heteroatoms. The highest BCUT2D eigenvalue weighted by molar-refractivity contribution is 6.02. The van der Waals surface area contributed by atoms with Crippen molar-refractivity contribution in [2.45, 2.75) is 26.1 Å². The quantitative estimate of drug-likeness (QED) is 0.569. The van der Waals surface area contributed by atoms with E-state index in [-0.39, 0.29) is 6.54 Å². The van der Waals surface area contributed by atoms with E-state index in [1.165, 1.54) is 6.07 Å². The van der Waals surface area contributed by atoms with Gasteiger partial charge in [0, 0.05) is 13.6 Å². The highest BCUT2D eigenvalue weighted by atomic mass is 19.4. The second kappa shape index (κ2) is 8.33. The number of nitrogen functional groups attached to an aromatic ring is 1. The van der Waals surface area contributed by atoms with E-state index in [2.05, 4.69) is 4.74 Å². The summed E-state index contributed by atoms with van der Waals surface area (Å²) in [5, 5.41) is 0. The first kappa shape index (κ1) is 21.9. The number of nitrogens with zero attached hydrogens (tertiary/aromatic N) is 2. The summed E-state index contributed by atoms with van der Waals surface area (Å²) in [5.74, 6) is -2.81. The maximum atomic E-state index is 13.0. The van der Waals surface area contributed by atoms with Crippen LogP contribution in [0.2, 0.25) is 0 Å². The van der Waals surface area contributed by atoms with Gasteiger partial charge in [0.25, 0.3) is 5.56 Å². The van der Waals surface area contributed by atoms with Gasteiger partial charge in [0.05, 0.1) is 11.1 Å². The Morgan fingerprint density at radius 3 is 2.38 bits per heavy atom. The van der Waals surface area contributed by atoms with Crippen LogP contribution in [0.25, 0.3) is 0 Å². The predicted octanol–water partition coefficient (Wildman–Crippen LogP) is 1.60.